The number of para-hydroxylation sites is 1. The summed E-state index contributed by atoms with van der Waals surface area (Å²) in [5.74, 6) is -0.317. The van der Waals surface area contributed by atoms with Gasteiger partial charge in [-0.15, -0.1) is 0 Å². The first-order valence-electron chi connectivity index (χ1n) is 8.42. The smallest absolute Gasteiger partial charge is 0.257 e. The first-order valence-corrected chi connectivity index (χ1v) is 9.21. The van der Waals surface area contributed by atoms with Gasteiger partial charge in [0.25, 0.3) is 5.91 Å². The van der Waals surface area contributed by atoms with Crippen molar-refractivity contribution in [3.05, 3.63) is 94.2 Å². The molecule has 0 aliphatic carbocycles. The number of hydrogen-bond acceptors (Lipinski definition) is 3. The van der Waals surface area contributed by atoms with Gasteiger partial charge < -0.3 is 10.6 Å². The molecule has 6 heteroatoms. The normalized spacial score (nSPS) is 10.3. The molecule has 1 aromatic heterocycles. The number of nitrogens with zero attached hydrogens (tertiary/aromatic N) is 1. The average molecular weight is 424 g/mol. The molecular weight excluding hydrogens is 406 g/mol. The summed E-state index contributed by atoms with van der Waals surface area (Å²) in [5.41, 5.74) is 2.91. The topological polar surface area (TPSA) is 71.1 Å². The third-order valence-corrected chi connectivity index (χ3v) is 4.47. The van der Waals surface area contributed by atoms with Crippen LogP contribution in [0.1, 0.15) is 21.5 Å². The summed E-state index contributed by atoms with van der Waals surface area (Å²) in [5, 5.41) is 5.77. The maximum absolute atomic E-state index is 12.3. The standard InChI is InChI=1S/C21H18BrN3O2/c22-18-9-7-15(8-10-18)12-20(26)24-14-16-4-1-2-6-19(16)25-21(27)17-5-3-11-23-13-17/h1-11,13H,12,14H2,(H,24,26)(H,25,27). The number of halogens is 1. The van der Waals surface area contributed by atoms with Crippen molar-refractivity contribution in [2.24, 2.45) is 0 Å². The van der Waals surface area contributed by atoms with E-state index in [1.165, 1.54) is 6.20 Å². The van der Waals surface area contributed by atoms with Crippen molar-refractivity contribution in [3.8, 4) is 0 Å². The molecule has 0 saturated carbocycles. The number of amides is 2. The quantitative estimate of drug-likeness (QED) is 0.630. The predicted molar refractivity (Wildman–Crippen MR) is 108 cm³/mol. The van der Waals surface area contributed by atoms with Gasteiger partial charge in [0.2, 0.25) is 5.91 Å². The van der Waals surface area contributed by atoms with Gasteiger partial charge in [-0.05, 0) is 41.5 Å². The third-order valence-electron chi connectivity index (χ3n) is 3.94. The molecule has 2 N–H and O–H groups in total. The number of carbonyl (C=O) groups is 2. The van der Waals surface area contributed by atoms with Gasteiger partial charge in [0.05, 0.1) is 12.0 Å². The molecule has 3 aromatic rings. The Morgan fingerprint density at radius 3 is 2.48 bits per heavy atom. The molecule has 5 nitrogen and oxygen atoms in total. The molecule has 0 fully saturated rings. The molecule has 2 aromatic carbocycles. The Hall–Kier alpha value is -2.99. The molecule has 0 radical (unpaired) electrons. The van der Waals surface area contributed by atoms with Crippen LogP contribution in [0.15, 0.2) is 77.5 Å². The maximum atomic E-state index is 12.3. The van der Waals surface area contributed by atoms with E-state index in [0.717, 1.165) is 15.6 Å². The lowest BCUT2D eigenvalue weighted by Gasteiger charge is -2.12. The van der Waals surface area contributed by atoms with Crippen LogP contribution in [0.2, 0.25) is 0 Å². The number of carbonyl (C=O) groups excluding carboxylic acids is 2. The van der Waals surface area contributed by atoms with E-state index < -0.39 is 0 Å². The molecule has 2 amide bonds. The Bertz CT molecular complexity index is 928. The fourth-order valence-electron chi connectivity index (χ4n) is 2.53. The minimum Gasteiger partial charge on any atom is -0.352 e. The van der Waals surface area contributed by atoms with Gasteiger partial charge in [0, 0.05) is 29.1 Å². The van der Waals surface area contributed by atoms with Crippen LogP contribution in [0.5, 0.6) is 0 Å². The zero-order valence-electron chi connectivity index (χ0n) is 14.5. The number of hydrogen-bond donors (Lipinski definition) is 2. The van der Waals surface area contributed by atoms with Crippen molar-refractivity contribution in [3.63, 3.8) is 0 Å². The van der Waals surface area contributed by atoms with E-state index in [9.17, 15) is 9.59 Å². The highest BCUT2D eigenvalue weighted by Gasteiger charge is 2.10. The highest BCUT2D eigenvalue weighted by Crippen LogP contribution is 2.16. The number of nitrogens with one attached hydrogen (secondary N) is 2. The average Bonchev–Trinajstić information content (AvgIpc) is 2.70. The first kappa shape index (κ1) is 18.8. The number of aromatic nitrogens is 1. The van der Waals surface area contributed by atoms with E-state index in [1.54, 1.807) is 18.3 Å². The second kappa shape index (κ2) is 9.09. The monoisotopic (exact) mass is 423 g/mol. The number of anilines is 1. The van der Waals surface area contributed by atoms with Gasteiger partial charge in [-0.2, -0.15) is 0 Å². The molecule has 0 unspecified atom stereocenters. The van der Waals surface area contributed by atoms with Gasteiger partial charge >= 0.3 is 0 Å². The lowest BCUT2D eigenvalue weighted by atomic mass is 10.1. The maximum Gasteiger partial charge on any atom is 0.257 e. The van der Waals surface area contributed by atoms with E-state index in [-0.39, 0.29) is 11.8 Å². The lowest BCUT2D eigenvalue weighted by Crippen LogP contribution is -2.25. The van der Waals surface area contributed by atoms with Crippen molar-refractivity contribution in [2.75, 3.05) is 5.32 Å². The minimum absolute atomic E-state index is 0.0780. The van der Waals surface area contributed by atoms with Crippen LogP contribution in [-0.2, 0) is 17.8 Å². The van der Waals surface area contributed by atoms with Crippen molar-refractivity contribution in [1.29, 1.82) is 0 Å². The van der Waals surface area contributed by atoms with Crippen LogP contribution in [0.3, 0.4) is 0 Å². The number of pyridine rings is 1. The van der Waals surface area contributed by atoms with Crippen molar-refractivity contribution >= 4 is 33.4 Å². The van der Waals surface area contributed by atoms with Crippen LogP contribution in [0.25, 0.3) is 0 Å². The van der Waals surface area contributed by atoms with Crippen LogP contribution in [-0.4, -0.2) is 16.8 Å². The lowest BCUT2D eigenvalue weighted by molar-refractivity contribution is -0.120. The van der Waals surface area contributed by atoms with Gasteiger partial charge in [-0.3, -0.25) is 14.6 Å². The fourth-order valence-corrected chi connectivity index (χ4v) is 2.80. The second-order valence-corrected chi connectivity index (χ2v) is 6.85. The van der Waals surface area contributed by atoms with E-state index in [4.69, 9.17) is 0 Å². The van der Waals surface area contributed by atoms with E-state index >= 15 is 0 Å². The molecule has 27 heavy (non-hydrogen) atoms. The van der Waals surface area contributed by atoms with E-state index in [1.807, 2.05) is 48.5 Å². The van der Waals surface area contributed by atoms with Crippen molar-refractivity contribution in [1.82, 2.24) is 10.3 Å². The predicted octanol–water partition coefficient (Wildman–Crippen LogP) is 3.96. The molecule has 0 bridgehead atoms. The Kier molecular flexibility index (Phi) is 6.33. The summed E-state index contributed by atoms with van der Waals surface area (Å²) >= 11 is 3.38. The summed E-state index contributed by atoms with van der Waals surface area (Å²) in [6, 6.07) is 18.4. The molecule has 0 saturated heterocycles. The molecular formula is C21H18BrN3O2. The summed E-state index contributed by atoms with van der Waals surface area (Å²) < 4.78 is 0.977. The SMILES string of the molecule is O=C(Cc1ccc(Br)cc1)NCc1ccccc1NC(=O)c1cccnc1. The van der Waals surface area contributed by atoms with Gasteiger partial charge in [0.15, 0.2) is 0 Å². The van der Waals surface area contributed by atoms with Crippen LogP contribution < -0.4 is 10.6 Å². The van der Waals surface area contributed by atoms with Crippen LogP contribution in [0, 0.1) is 0 Å². The highest BCUT2D eigenvalue weighted by molar-refractivity contribution is 9.10. The van der Waals surface area contributed by atoms with E-state index in [2.05, 4.69) is 31.5 Å². The zero-order chi connectivity index (χ0) is 19.1. The second-order valence-electron chi connectivity index (χ2n) is 5.93. The van der Waals surface area contributed by atoms with E-state index in [0.29, 0.717) is 24.2 Å². The molecule has 136 valence electrons. The van der Waals surface area contributed by atoms with Gasteiger partial charge in [0.1, 0.15) is 0 Å². The fraction of sp³-hybridized carbons (Fsp3) is 0.0952. The third kappa shape index (κ3) is 5.49. The molecule has 0 atom stereocenters. The summed E-state index contributed by atoms with van der Waals surface area (Å²) in [6.45, 7) is 0.332. The Morgan fingerprint density at radius 2 is 1.74 bits per heavy atom. The van der Waals surface area contributed by atoms with Crippen molar-refractivity contribution in [2.45, 2.75) is 13.0 Å². The summed E-state index contributed by atoms with van der Waals surface area (Å²) in [4.78, 5) is 28.5. The Balaban J connectivity index is 1.61. The van der Waals surface area contributed by atoms with Gasteiger partial charge in [-0.25, -0.2) is 0 Å². The first-order chi connectivity index (χ1) is 13.1. The number of benzene rings is 2. The molecule has 0 aliphatic heterocycles. The largest absolute Gasteiger partial charge is 0.352 e. The number of rotatable bonds is 6. The van der Waals surface area contributed by atoms with Crippen LogP contribution in [0.4, 0.5) is 5.69 Å². The summed E-state index contributed by atoms with van der Waals surface area (Å²) in [6.07, 6.45) is 3.43. The Labute approximate surface area is 166 Å². The van der Waals surface area contributed by atoms with Gasteiger partial charge in [-0.1, -0.05) is 46.3 Å². The highest BCUT2D eigenvalue weighted by atomic mass is 79.9. The zero-order valence-corrected chi connectivity index (χ0v) is 16.1. The minimum atomic E-state index is -0.239. The summed E-state index contributed by atoms with van der Waals surface area (Å²) in [7, 11) is 0. The molecule has 3 rings (SSSR count). The molecule has 0 aliphatic rings. The molecule has 1 heterocycles. The van der Waals surface area contributed by atoms with Crippen molar-refractivity contribution < 1.29 is 9.59 Å². The van der Waals surface area contributed by atoms with Crippen LogP contribution >= 0.6 is 15.9 Å². The Morgan fingerprint density at radius 1 is 0.963 bits per heavy atom. The molecule has 0 spiro atoms.